The van der Waals surface area contributed by atoms with Crippen molar-refractivity contribution in [2.45, 2.75) is 17.9 Å². The second-order valence-electron chi connectivity index (χ2n) is 6.07. The fourth-order valence-corrected chi connectivity index (χ4v) is 4.04. The van der Waals surface area contributed by atoms with Gasteiger partial charge in [0.2, 0.25) is 10.0 Å². The lowest BCUT2D eigenvalue weighted by molar-refractivity contribution is 0.0905. The number of carbonyl (C=O) groups excluding carboxylic acids is 1. The van der Waals surface area contributed by atoms with Gasteiger partial charge in [-0.15, -0.1) is 0 Å². The van der Waals surface area contributed by atoms with Crippen LogP contribution in [0.4, 0.5) is 0 Å². The number of hydrogen-bond donors (Lipinski definition) is 1. The second-order valence-corrected chi connectivity index (χ2v) is 8.00. The van der Waals surface area contributed by atoms with Crippen LogP contribution in [-0.4, -0.2) is 76.5 Å². The summed E-state index contributed by atoms with van der Waals surface area (Å²) < 4.78 is 32.0. The Morgan fingerprint density at radius 2 is 1.96 bits per heavy atom. The van der Waals surface area contributed by atoms with Gasteiger partial charge >= 0.3 is 0 Å². The maximum absolute atomic E-state index is 12.7. The molecule has 1 N–H and O–H groups in total. The Hall–Kier alpha value is -1.48. The molecule has 1 aromatic rings. The predicted octanol–water partition coefficient (Wildman–Crippen LogP) is 0.387. The summed E-state index contributed by atoms with van der Waals surface area (Å²) in [7, 11) is -0.0484. The predicted molar refractivity (Wildman–Crippen MR) is 91.5 cm³/mol. The highest BCUT2D eigenvalue weighted by atomic mass is 32.2. The van der Waals surface area contributed by atoms with Crippen LogP contribution in [0.1, 0.15) is 17.3 Å². The number of hydrogen-bond acceptors (Lipinski definition) is 5. The highest BCUT2D eigenvalue weighted by Crippen LogP contribution is 2.18. The number of nitrogens with zero attached hydrogens (tertiary/aromatic N) is 2. The van der Waals surface area contributed by atoms with E-state index in [4.69, 9.17) is 4.74 Å². The van der Waals surface area contributed by atoms with Crippen LogP contribution in [0, 0.1) is 0 Å². The van der Waals surface area contributed by atoms with Crippen LogP contribution in [0.2, 0.25) is 0 Å². The largest absolute Gasteiger partial charge is 0.383 e. The van der Waals surface area contributed by atoms with Gasteiger partial charge in [-0.3, -0.25) is 4.79 Å². The molecule has 0 unspecified atom stereocenters. The molecule has 1 heterocycles. The molecule has 1 aromatic carbocycles. The third-order valence-corrected chi connectivity index (χ3v) is 5.89. The molecular formula is C16H25N3O4S. The highest BCUT2D eigenvalue weighted by molar-refractivity contribution is 7.89. The van der Waals surface area contributed by atoms with Gasteiger partial charge in [0.15, 0.2) is 0 Å². The average molecular weight is 355 g/mol. The molecule has 1 aliphatic rings. The number of sulfonamides is 1. The number of carbonyl (C=O) groups is 1. The van der Waals surface area contributed by atoms with Crippen LogP contribution in [0.25, 0.3) is 0 Å². The minimum absolute atomic E-state index is 0.152. The van der Waals surface area contributed by atoms with E-state index in [2.05, 4.69) is 10.2 Å². The lowest BCUT2D eigenvalue weighted by atomic mass is 10.2. The molecule has 1 amide bonds. The molecule has 1 fully saturated rings. The van der Waals surface area contributed by atoms with Gasteiger partial charge in [0, 0.05) is 44.9 Å². The molecule has 0 aliphatic carbocycles. The molecule has 8 heteroatoms. The van der Waals surface area contributed by atoms with Crippen molar-refractivity contribution < 1.29 is 17.9 Å². The van der Waals surface area contributed by atoms with E-state index in [1.165, 1.54) is 16.4 Å². The first-order chi connectivity index (χ1) is 11.3. The Morgan fingerprint density at radius 3 is 2.58 bits per heavy atom. The molecule has 0 radical (unpaired) electrons. The smallest absolute Gasteiger partial charge is 0.251 e. The van der Waals surface area contributed by atoms with Gasteiger partial charge in [-0.25, -0.2) is 8.42 Å². The molecule has 0 spiro atoms. The standard InChI is InChI=1S/C16H25N3O4S/c1-13(12-23-3)17-16(20)14-5-4-6-15(11-14)24(21,22)19-9-7-18(2)8-10-19/h4-6,11,13H,7-10,12H2,1-3H3,(H,17,20)/t13-/m1/s1. The third-order valence-electron chi connectivity index (χ3n) is 3.99. The number of amides is 1. The van der Waals surface area contributed by atoms with E-state index in [1.54, 1.807) is 19.2 Å². The van der Waals surface area contributed by atoms with E-state index in [0.717, 1.165) is 0 Å². The number of nitrogens with one attached hydrogen (secondary N) is 1. The van der Waals surface area contributed by atoms with Crippen molar-refractivity contribution in [1.82, 2.24) is 14.5 Å². The summed E-state index contributed by atoms with van der Waals surface area (Å²) in [5.74, 6) is -0.310. The van der Waals surface area contributed by atoms with Crippen LogP contribution in [0.15, 0.2) is 29.2 Å². The normalized spacial score (nSPS) is 18.3. The molecule has 1 saturated heterocycles. The summed E-state index contributed by atoms with van der Waals surface area (Å²) >= 11 is 0. The first kappa shape index (κ1) is 18.9. The number of benzene rings is 1. The first-order valence-corrected chi connectivity index (χ1v) is 9.37. The molecule has 134 valence electrons. The molecule has 2 rings (SSSR count). The van der Waals surface area contributed by atoms with E-state index in [9.17, 15) is 13.2 Å². The van der Waals surface area contributed by atoms with Crippen LogP contribution < -0.4 is 5.32 Å². The zero-order valence-corrected chi connectivity index (χ0v) is 15.2. The van der Waals surface area contributed by atoms with Crippen molar-refractivity contribution in [1.29, 1.82) is 0 Å². The zero-order valence-electron chi connectivity index (χ0n) is 14.4. The lowest BCUT2D eigenvalue weighted by Gasteiger charge is -2.31. The SMILES string of the molecule is COC[C@@H](C)NC(=O)c1cccc(S(=O)(=O)N2CCN(C)CC2)c1. The fourth-order valence-electron chi connectivity index (χ4n) is 2.57. The van der Waals surface area contributed by atoms with Gasteiger partial charge < -0.3 is 15.0 Å². The van der Waals surface area contributed by atoms with Crippen LogP contribution >= 0.6 is 0 Å². The van der Waals surface area contributed by atoms with Crippen molar-refractivity contribution in [2.75, 3.05) is 46.9 Å². The molecule has 0 saturated carbocycles. The Kier molecular flexibility index (Phi) is 6.34. The molecule has 7 nitrogen and oxygen atoms in total. The fraction of sp³-hybridized carbons (Fsp3) is 0.562. The van der Waals surface area contributed by atoms with E-state index in [0.29, 0.717) is 38.3 Å². The van der Waals surface area contributed by atoms with Gasteiger partial charge in [0.1, 0.15) is 0 Å². The van der Waals surface area contributed by atoms with Crippen molar-refractivity contribution in [3.63, 3.8) is 0 Å². The maximum Gasteiger partial charge on any atom is 0.251 e. The summed E-state index contributed by atoms with van der Waals surface area (Å²) in [6.45, 7) is 4.54. The van der Waals surface area contributed by atoms with Crippen molar-refractivity contribution in [3.05, 3.63) is 29.8 Å². The Balaban J connectivity index is 2.15. The van der Waals surface area contributed by atoms with Crippen molar-refractivity contribution in [3.8, 4) is 0 Å². The summed E-state index contributed by atoms with van der Waals surface area (Å²) in [5, 5.41) is 2.78. The molecule has 24 heavy (non-hydrogen) atoms. The van der Waals surface area contributed by atoms with Gasteiger partial charge in [-0.05, 0) is 32.2 Å². The van der Waals surface area contributed by atoms with E-state index in [-0.39, 0.29) is 16.8 Å². The Morgan fingerprint density at radius 1 is 1.29 bits per heavy atom. The molecular weight excluding hydrogens is 330 g/mol. The second kappa shape index (κ2) is 8.06. The van der Waals surface area contributed by atoms with Gasteiger partial charge in [-0.1, -0.05) is 6.07 Å². The van der Waals surface area contributed by atoms with Gasteiger partial charge in [0.25, 0.3) is 5.91 Å². The number of methoxy groups -OCH3 is 1. The monoisotopic (exact) mass is 355 g/mol. The number of ether oxygens (including phenoxy) is 1. The summed E-state index contributed by atoms with van der Waals surface area (Å²) in [4.78, 5) is 14.5. The van der Waals surface area contributed by atoms with Crippen LogP contribution in [-0.2, 0) is 14.8 Å². The average Bonchev–Trinajstić information content (AvgIpc) is 2.55. The quantitative estimate of drug-likeness (QED) is 0.798. The van der Waals surface area contributed by atoms with Crippen molar-refractivity contribution >= 4 is 15.9 Å². The Bertz CT molecular complexity index is 670. The lowest BCUT2D eigenvalue weighted by Crippen LogP contribution is -2.47. The Labute approximate surface area is 143 Å². The number of rotatable bonds is 6. The minimum Gasteiger partial charge on any atom is -0.383 e. The minimum atomic E-state index is -3.58. The first-order valence-electron chi connectivity index (χ1n) is 7.93. The zero-order chi connectivity index (χ0) is 17.7. The molecule has 0 aromatic heterocycles. The van der Waals surface area contributed by atoms with E-state index < -0.39 is 10.0 Å². The maximum atomic E-state index is 12.7. The molecule has 1 aliphatic heterocycles. The summed E-state index contributed by atoms with van der Waals surface area (Å²) in [5.41, 5.74) is 0.327. The third kappa shape index (κ3) is 4.54. The van der Waals surface area contributed by atoms with Crippen LogP contribution in [0.5, 0.6) is 0 Å². The van der Waals surface area contributed by atoms with E-state index >= 15 is 0 Å². The number of likely N-dealkylation sites (N-methyl/N-ethyl adjacent to an activating group) is 1. The van der Waals surface area contributed by atoms with Crippen LogP contribution in [0.3, 0.4) is 0 Å². The van der Waals surface area contributed by atoms with Gasteiger partial charge in [0.05, 0.1) is 11.5 Å². The highest BCUT2D eigenvalue weighted by Gasteiger charge is 2.28. The van der Waals surface area contributed by atoms with E-state index in [1.807, 2.05) is 14.0 Å². The molecule has 1 atom stereocenters. The topological polar surface area (TPSA) is 78.9 Å². The summed E-state index contributed by atoms with van der Waals surface area (Å²) in [6, 6.07) is 6.02. The number of piperazine rings is 1. The van der Waals surface area contributed by atoms with Gasteiger partial charge in [-0.2, -0.15) is 4.31 Å². The van der Waals surface area contributed by atoms with Crippen molar-refractivity contribution in [2.24, 2.45) is 0 Å². The summed E-state index contributed by atoms with van der Waals surface area (Å²) in [6.07, 6.45) is 0. The molecule has 0 bridgehead atoms.